The van der Waals surface area contributed by atoms with Crippen LogP contribution in [0.2, 0.25) is 5.02 Å². The Morgan fingerprint density at radius 1 is 0.941 bits per heavy atom. The number of hydrogen-bond donors (Lipinski definition) is 1. The molecule has 0 unspecified atom stereocenters. The van der Waals surface area contributed by atoms with Gasteiger partial charge in [-0.05, 0) is 48.5 Å². The molecule has 0 bridgehead atoms. The van der Waals surface area contributed by atoms with Gasteiger partial charge in [-0.1, -0.05) is 35.9 Å². The van der Waals surface area contributed by atoms with E-state index in [0.29, 0.717) is 28.0 Å². The predicted octanol–water partition coefficient (Wildman–Crippen LogP) is 3.25. The number of anilines is 1. The maximum Gasteiger partial charge on any atom is 0.264 e. The van der Waals surface area contributed by atoms with Crippen LogP contribution in [0.25, 0.3) is 0 Å². The van der Waals surface area contributed by atoms with E-state index in [2.05, 4.69) is 5.32 Å². The van der Waals surface area contributed by atoms with Crippen LogP contribution < -0.4 is 23.8 Å². The van der Waals surface area contributed by atoms with Crippen LogP contribution in [-0.4, -0.2) is 46.2 Å². The fourth-order valence-electron chi connectivity index (χ4n) is 3.79. The van der Waals surface area contributed by atoms with Crippen LogP contribution in [-0.2, 0) is 14.8 Å². The summed E-state index contributed by atoms with van der Waals surface area (Å²) in [5.41, 5.74) is 0.363. The Bertz CT molecular complexity index is 1320. The minimum absolute atomic E-state index is 0.0687. The van der Waals surface area contributed by atoms with Crippen LogP contribution in [0, 0.1) is 0 Å². The zero-order valence-corrected chi connectivity index (χ0v) is 19.5. The molecular weight excluding hydrogens is 480 g/mol. The number of nitrogens with one attached hydrogen (secondary N) is 1. The molecule has 0 saturated heterocycles. The number of fused-ring (bicyclic) bond motifs is 2. The highest BCUT2D eigenvalue weighted by Crippen LogP contribution is 2.37. The second-order valence-corrected chi connectivity index (χ2v) is 10.1. The van der Waals surface area contributed by atoms with Crippen molar-refractivity contribution >= 4 is 33.2 Å². The molecule has 0 aromatic heterocycles. The summed E-state index contributed by atoms with van der Waals surface area (Å²) >= 11 is 5.92. The summed E-state index contributed by atoms with van der Waals surface area (Å²) in [6.07, 6.45) is -1.43. The summed E-state index contributed by atoms with van der Waals surface area (Å²) in [7, 11) is -3.96. The monoisotopic (exact) mass is 500 g/mol. The van der Waals surface area contributed by atoms with Crippen LogP contribution in [0.5, 0.6) is 17.2 Å². The van der Waals surface area contributed by atoms with Gasteiger partial charge in [0.15, 0.2) is 17.6 Å². The lowest BCUT2D eigenvalue weighted by atomic mass is 10.2. The lowest BCUT2D eigenvalue weighted by molar-refractivity contribution is -0.128. The Kier molecular flexibility index (Phi) is 5.97. The predicted molar refractivity (Wildman–Crippen MR) is 126 cm³/mol. The molecule has 0 aliphatic carbocycles. The van der Waals surface area contributed by atoms with Gasteiger partial charge in [-0.25, -0.2) is 8.42 Å². The van der Waals surface area contributed by atoms with Crippen molar-refractivity contribution in [2.45, 2.75) is 17.1 Å². The molecule has 2 aliphatic heterocycles. The highest BCUT2D eigenvalue weighted by atomic mass is 35.5. The number of hydrogen-bond acceptors (Lipinski definition) is 6. The van der Waals surface area contributed by atoms with Crippen LogP contribution in [0.15, 0.2) is 77.7 Å². The third-order valence-corrected chi connectivity index (χ3v) is 7.55. The molecule has 3 aromatic rings. The maximum absolute atomic E-state index is 13.4. The topological polar surface area (TPSA) is 94.2 Å². The summed E-state index contributed by atoms with van der Waals surface area (Å²) < 4.78 is 45.4. The van der Waals surface area contributed by atoms with E-state index in [9.17, 15) is 13.2 Å². The SMILES string of the molecule is O=C(NC[C@@H]1COc2ccccc2O1)[C@H]1CN(S(=O)(=O)c2ccc(Cl)cc2)c2ccccc2O1. The van der Waals surface area contributed by atoms with E-state index < -0.39 is 22.0 Å². The van der Waals surface area contributed by atoms with Gasteiger partial charge in [0.25, 0.3) is 15.9 Å². The van der Waals surface area contributed by atoms with Crippen molar-refractivity contribution in [3.8, 4) is 17.2 Å². The zero-order valence-electron chi connectivity index (χ0n) is 17.9. The summed E-state index contributed by atoms with van der Waals surface area (Å²) in [6, 6.07) is 19.9. The van der Waals surface area contributed by atoms with Crippen molar-refractivity contribution in [3.63, 3.8) is 0 Å². The Morgan fingerprint density at radius 2 is 1.62 bits per heavy atom. The van der Waals surface area contributed by atoms with Crippen LogP contribution in [0.4, 0.5) is 5.69 Å². The van der Waals surface area contributed by atoms with E-state index in [0.717, 1.165) is 0 Å². The molecule has 2 atom stereocenters. The van der Waals surface area contributed by atoms with Crippen LogP contribution >= 0.6 is 11.6 Å². The molecule has 0 fully saturated rings. The standard InChI is InChI=1S/C24H21ClN2O6S/c25-16-9-11-18(12-10-16)34(29,30)27-14-23(33-20-6-2-1-5-19(20)27)24(28)26-13-17-15-31-21-7-3-4-8-22(21)32-17/h1-12,17,23H,13-15H2,(H,26,28)/t17-,23-/m1/s1. The van der Waals surface area contributed by atoms with Gasteiger partial charge >= 0.3 is 0 Å². The minimum atomic E-state index is -3.96. The molecule has 3 aromatic carbocycles. The summed E-state index contributed by atoms with van der Waals surface area (Å²) in [5, 5.41) is 3.22. The highest BCUT2D eigenvalue weighted by Gasteiger charge is 2.37. The van der Waals surface area contributed by atoms with Crippen molar-refractivity contribution < 1.29 is 27.4 Å². The van der Waals surface area contributed by atoms with Gasteiger partial charge in [-0.2, -0.15) is 0 Å². The van der Waals surface area contributed by atoms with Crippen molar-refractivity contribution in [3.05, 3.63) is 77.8 Å². The molecule has 0 saturated carbocycles. The van der Waals surface area contributed by atoms with Crippen LogP contribution in [0.1, 0.15) is 0 Å². The van der Waals surface area contributed by atoms with Gasteiger partial charge in [-0.3, -0.25) is 9.10 Å². The molecule has 10 heteroatoms. The van der Waals surface area contributed by atoms with Crippen molar-refractivity contribution in [1.29, 1.82) is 0 Å². The fraction of sp³-hybridized carbons (Fsp3) is 0.208. The van der Waals surface area contributed by atoms with E-state index in [-0.39, 0.29) is 30.7 Å². The summed E-state index contributed by atoms with van der Waals surface area (Å²) in [4.78, 5) is 13.0. The molecule has 176 valence electrons. The van der Waals surface area contributed by atoms with E-state index in [1.165, 1.54) is 28.6 Å². The number of halogens is 1. The van der Waals surface area contributed by atoms with Gasteiger partial charge in [0.1, 0.15) is 18.5 Å². The molecule has 0 radical (unpaired) electrons. The zero-order chi connectivity index (χ0) is 23.7. The Morgan fingerprint density at radius 3 is 2.38 bits per heavy atom. The Labute approximate surface area is 202 Å². The van der Waals surface area contributed by atoms with E-state index in [1.54, 1.807) is 30.3 Å². The number of rotatable bonds is 5. The average Bonchev–Trinajstić information content (AvgIpc) is 2.86. The first-order valence-electron chi connectivity index (χ1n) is 10.6. The molecule has 0 spiro atoms. The number of sulfonamides is 1. The van der Waals surface area contributed by atoms with Gasteiger partial charge in [0, 0.05) is 5.02 Å². The van der Waals surface area contributed by atoms with E-state index in [1.807, 2.05) is 18.2 Å². The molecule has 2 heterocycles. The van der Waals surface area contributed by atoms with Gasteiger partial charge in [0.05, 0.1) is 23.7 Å². The average molecular weight is 501 g/mol. The Balaban J connectivity index is 1.32. The Hall–Kier alpha value is -3.43. The second-order valence-electron chi connectivity index (χ2n) is 7.81. The molecule has 2 aliphatic rings. The number of benzene rings is 3. The molecule has 1 N–H and O–H groups in total. The highest BCUT2D eigenvalue weighted by molar-refractivity contribution is 7.92. The first-order valence-corrected chi connectivity index (χ1v) is 12.4. The van der Waals surface area contributed by atoms with Crippen molar-refractivity contribution in [1.82, 2.24) is 5.32 Å². The second kappa shape index (κ2) is 9.08. The number of amides is 1. The maximum atomic E-state index is 13.4. The third-order valence-electron chi connectivity index (χ3n) is 5.50. The third kappa shape index (κ3) is 4.36. The lowest BCUT2D eigenvalue weighted by Crippen LogP contribution is -2.52. The number of para-hydroxylation sites is 4. The summed E-state index contributed by atoms with van der Waals surface area (Å²) in [6.45, 7) is 0.278. The van der Waals surface area contributed by atoms with Gasteiger partial charge in [-0.15, -0.1) is 0 Å². The molecule has 8 nitrogen and oxygen atoms in total. The van der Waals surface area contributed by atoms with E-state index in [4.69, 9.17) is 25.8 Å². The number of carbonyl (C=O) groups excluding carboxylic acids is 1. The fourth-order valence-corrected chi connectivity index (χ4v) is 5.39. The van der Waals surface area contributed by atoms with Crippen molar-refractivity contribution in [2.75, 3.05) is 24.0 Å². The largest absolute Gasteiger partial charge is 0.486 e. The van der Waals surface area contributed by atoms with Crippen molar-refractivity contribution in [2.24, 2.45) is 0 Å². The minimum Gasteiger partial charge on any atom is -0.486 e. The number of nitrogens with zero attached hydrogens (tertiary/aromatic N) is 1. The molecule has 1 amide bonds. The normalized spacial score (nSPS) is 19.0. The first-order chi connectivity index (χ1) is 16.4. The number of ether oxygens (including phenoxy) is 3. The number of carbonyl (C=O) groups is 1. The van der Waals surface area contributed by atoms with Gasteiger partial charge < -0.3 is 19.5 Å². The quantitative estimate of drug-likeness (QED) is 0.578. The molecule has 34 heavy (non-hydrogen) atoms. The van der Waals surface area contributed by atoms with Crippen LogP contribution in [0.3, 0.4) is 0 Å². The van der Waals surface area contributed by atoms with E-state index >= 15 is 0 Å². The molecular formula is C24H21ClN2O6S. The smallest absolute Gasteiger partial charge is 0.264 e. The summed E-state index contributed by atoms with van der Waals surface area (Å²) in [5.74, 6) is 1.11. The van der Waals surface area contributed by atoms with Gasteiger partial charge in [0.2, 0.25) is 0 Å². The lowest BCUT2D eigenvalue weighted by Gasteiger charge is -2.35. The molecule has 5 rings (SSSR count). The first kappa shape index (κ1) is 22.4.